The number of carbonyl (C=O) groups excluding carboxylic acids is 1. The maximum absolute atomic E-state index is 12.6. The second kappa shape index (κ2) is 46.5. The van der Waals surface area contributed by atoms with Crippen LogP contribution < -0.4 is 5.73 Å². The van der Waals surface area contributed by atoms with E-state index in [1.165, 1.54) is 141 Å². The fraction of sp³-hybridized carbons (Fsp3) is 0.816. The first kappa shape index (κ1) is 56.5. The zero-order valence-electron chi connectivity index (χ0n) is 37.8. The van der Waals surface area contributed by atoms with Crippen LogP contribution in [0.3, 0.4) is 0 Å². The maximum Gasteiger partial charge on any atom is 0.472 e. The van der Waals surface area contributed by atoms with Gasteiger partial charge in [-0.1, -0.05) is 210 Å². The van der Waals surface area contributed by atoms with Crippen LogP contribution in [0.1, 0.15) is 219 Å². The van der Waals surface area contributed by atoms with Gasteiger partial charge in [0.25, 0.3) is 0 Å². The van der Waals surface area contributed by atoms with Gasteiger partial charge >= 0.3 is 13.8 Å². The van der Waals surface area contributed by atoms with Gasteiger partial charge < -0.3 is 20.1 Å². The van der Waals surface area contributed by atoms with Gasteiger partial charge in [0.15, 0.2) is 0 Å². The van der Waals surface area contributed by atoms with Gasteiger partial charge in [-0.05, 0) is 51.4 Å². The SMILES string of the molecule is CC/C=C\C/C=C\C/C=C\C/C=C\CCCCCCCCCCCCCOCC(COP(=O)(O)OCCN)OC(=O)CCCCCCCCCCCCCCCCC. The second-order valence-electron chi connectivity index (χ2n) is 16.0. The standard InChI is InChI=1S/C49H92NO7P/c1-3-5-7-9-11-13-15-17-19-20-21-22-23-24-25-26-27-29-31-33-35-37-39-41-44-54-46-48(47-56-58(52,53)55-45-43-50)57-49(51)42-40-38-36-34-32-30-28-18-16-14-12-10-8-6-4-2/h5,7,11,13,17,19,21-22,48H,3-4,6,8-10,12,14-16,18,20,23-47,50H2,1-2H3,(H,52,53)/b7-5-,13-11-,19-17-,22-21-. The number of phosphoric ester groups is 1. The van der Waals surface area contributed by atoms with E-state index < -0.39 is 13.9 Å². The third-order valence-electron chi connectivity index (χ3n) is 10.3. The first-order valence-electron chi connectivity index (χ1n) is 24.1. The Hall–Kier alpha value is -1.54. The minimum absolute atomic E-state index is 0.0956. The number of hydrogen-bond acceptors (Lipinski definition) is 7. The lowest BCUT2D eigenvalue weighted by atomic mass is 10.0. The van der Waals surface area contributed by atoms with Crippen molar-refractivity contribution in [1.82, 2.24) is 0 Å². The number of unbranched alkanes of at least 4 members (excludes halogenated alkanes) is 25. The molecule has 3 N–H and O–H groups in total. The summed E-state index contributed by atoms with van der Waals surface area (Å²) >= 11 is 0. The number of phosphoric acid groups is 1. The highest BCUT2D eigenvalue weighted by atomic mass is 31.2. The molecular weight excluding hydrogens is 746 g/mol. The molecule has 0 aliphatic carbocycles. The largest absolute Gasteiger partial charge is 0.472 e. The summed E-state index contributed by atoms with van der Waals surface area (Å²) in [6, 6.07) is 0. The van der Waals surface area contributed by atoms with Crippen LogP contribution in [0.25, 0.3) is 0 Å². The van der Waals surface area contributed by atoms with Gasteiger partial charge in [0.05, 0.1) is 19.8 Å². The average Bonchev–Trinajstić information content (AvgIpc) is 3.21. The Labute approximate surface area is 358 Å². The molecule has 0 spiro atoms. The van der Waals surface area contributed by atoms with Crippen molar-refractivity contribution in [3.05, 3.63) is 48.6 Å². The van der Waals surface area contributed by atoms with Crippen molar-refractivity contribution in [2.45, 2.75) is 225 Å². The molecule has 0 aromatic heterocycles. The summed E-state index contributed by atoms with van der Waals surface area (Å²) in [6.07, 6.45) is 55.6. The van der Waals surface area contributed by atoms with Gasteiger partial charge in [-0.2, -0.15) is 0 Å². The van der Waals surface area contributed by atoms with E-state index in [0.29, 0.717) is 13.0 Å². The molecule has 0 heterocycles. The minimum atomic E-state index is -4.28. The number of carbonyl (C=O) groups is 1. The fourth-order valence-corrected chi connectivity index (χ4v) is 7.52. The highest BCUT2D eigenvalue weighted by Crippen LogP contribution is 2.43. The Bertz CT molecular complexity index is 1030. The summed E-state index contributed by atoms with van der Waals surface area (Å²) in [4.78, 5) is 22.5. The van der Waals surface area contributed by atoms with Crippen LogP contribution in [0.4, 0.5) is 0 Å². The van der Waals surface area contributed by atoms with Crippen LogP contribution in [0.5, 0.6) is 0 Å². The first-order valence-corrected chi connectivity index (χ1v) is 25.6. The molecule has 0 amide bonds. The Morgan fingerprint density at radius 1 is 0.534 bits per heavy atom. The van der Waals surface area contributed by atoms with Crippen LogP contribution in [-0.4, -0.2) is 49.9 Å². The molecular formula is C49H92NO7P. The Balaban J connectivity index is 3.93. The van der Waals surface area contributed by atoms with Crippen molar-refractivity contribution in [2.24, 2.45) is 5.73 Å². The van der Waals surface area contributed by atoms with E-state index in [9.17, 15) is 14.3 Å². The molecule has 9 heteroatoms. The topological polar surface area (TPSA) is 117 Å². The molecule has 2 atom stereocenters. The number of allylic oxidation sites excluding steroid dienone is 8. The van der Waals surface area contributed by atoms with Crippen LogP contribution in [-0.2, 0) is 27.9 Å². The molecule has 2 unspecified atom stereocenters. The predicted molar refractivity (Wildman–Crippen MR) is 247 cm³/mol. The number of nitrogens with two attached hydrogens (primary N) is 1. The molecule has 0 fully saturated rings. The summed E-state index contributed by atoms with van der Waals surface area (Å²) in [6.45, 7) is 4.83. The molecule has 0 aromatic carbocycles. The quantitative estimate of drug-likeness (QED) is 0.0269. The lowest BCUT2D eigenvalue weighted by Crippen LogP contribution is -2.28. The van der Waals surface area contributed by atoms with Crippen molar-refractivity contribution in [3.63, 3.8) is 0 Å². The van der Waals surface area contributed by atoms with E-state index in [1.807, 2.05) is 0 Å². The zero-order chi connectivity index (χ0) is 42.3. The predicted octanol–water partition coefficient (Wildman–Crippen LogP) is 14.8. The summed E-state index contributed by atoms with van der Waals surface area (Å²) in [5.41, 5.74) is 5.38. The zero-order valence-corrected chi connectivity index (χ0v) is 38.7. The number of ether oxygens (including phenoxy) is 2. The second-order valence-corrected chi connectivity index (χ2v) is 17.4. The molecule has 0 aliphatic heterocycles. The summed E-state index contributed by atoms with van der Waals surface area (Å²) < 4.78 is 33.5. The van der Waals surface area contributed by atoms with Gasteiger partial charge in [-0.3, -0.25) is 13.8 Å². The van der Waals surface area contributed by atoms with E-state index in [4.69, 9.17) is 24.3 Å². The van der Waals surface area contributed by atoms with Crippen LogP contribution in [0, 0.1) is 0 Å². The summed E-state index contributed by atoms with van der Waals surface area (Å²) in [5, 5.41) is 0. The Kier molecular flexibility index (Phi) is 45.3. The fourth-order valence-electron chi connectivity index (χ4n) is 6.75. The van der Waals surface area contributed by atoms with Crippen LogP contribution >= 0.6 is 7.82 Å². The molecule has 0 bridgehead atoms. The van der Waals surface area contributed by atoms with Gasteiger partial charge in [0.1, 0.15) is 6.10 Å². The third-order valence-corrected chi connectivity index (χ3v) is 11.2. The van der Waals surface area contributed by atoms with Crippen LogP contribution in [0.2, 0.25) is 0 Å². The first-order chi connectivity index (χ1) is 28.4. The van der Waals surface area contributed by atoms with E-state index >= 15 is 0 Å². The lowest BCUT2D eigenvalue weighted by Gasteiger charge is -2.20. The van der Waals surface area contributed by atoms with E-state index in [1.54, 1.807) is 0 Å². The van der Waals surface area contributed by atoms with Gasteiger partial charge in [0, 0.05) is 19.6 Å². The van der Waals surface area contributed by atoms with Crippen molar-refractivity contribution in [3.8, 4) is 0 Å². The van der Waals surface area contributed by atoms with E-state index in [-0.39, 0.29) is 32.3 Å². The molecule has 340 valence electrons. The lowest BCUT2D eigenvalue weighted by molar-refractivity contribution is -0.154. The van der Waals surface area contributed by atoms with Gasteiger partial charge in [-0.15, -0.1) is 0 Å². The molecule has 0 aromatic rings. The van der Waals surface area contributed by atoms with Gasteiger partial charge in [0.2, 0.25) is 0 Å². The maximum atomic E-state index is 12.6. The molecule has 0 saturated heterocycles. The Morgan fingerprint density at radius 2 is 0.966 bits per heavy atom. The minimum Gasteiger partial charge on any atom is -0.457 e. The van der Waals surface area contributed by atoms with Crippen molar-refractivity contribution in [1.29, 1.82) is 0 Å². The molecule has 0 saturated carbocycles. The summed E-state index contributed by atoms with van der Waals surface area (Å²) in [7, 11) is -4.28. The van der Waals surface area contributed by atoms with E-state index in [2.05, 4.69) is 62.5 Å². The van der Waals surface area contributed by atoms with Gasteiger partial charge in [-0.25, -0.2) is 4.57 Å². The molecule has 58 heavy (non-hydrogen) atoms. The molecule has 8 nitrogen and oxygen atoms in total. The van der Waals surface area contributed by atoms with Crippen molar-refractivity contribution < 1.29 is 32.8 Å². The average molecular weight is 838 g/mol. The highest BCUT2D eigenvalue weighted by molar-refractivity contribution is 7.47. The number of esters is 1. The Morgan fingerprint density at radius 3 is 1.45 bits per heavy atom. The normalized spacial score (nSPS) is 13.8. The van der Waals surface area contributed by atoms with E-state index in [0.717, 1.165) is 57.8 Å². The van der Waals surface area contributed by atoms with Crippen molar-refractivity contribution in [2.75, 3.05) is 33.0 Å². The van der Waals surface area contributed by atoms with Crippen LogP contribution in [0.15, 0.2) is 48.6 Å². The number of hydrogen-bond donors (Lipinski definition) is 2. The smallest absolute Gasteiger partial charge is 0.457 e. The monoisotopic (exact) mass is 838 g/mol. The highest BCUT2D eigenvalue weighted by Gasteiger charge is 2.25. The van der Waals surface area contributed by atoms with Crippen molar-refractivity contribution >= 4 is 13.8 Å². The molecule has 0 rings (SSSR count). The summed E-state index contributed by atoms with van der Waals surface area (Å²) in [5.74, 6) is -0.329. The third kappa shape index (κ3) is 45.5. The number of rotatable bonds is 46. The molecule has 0 aliphatic rings. The molecule has 0 radical (unpaired) electrons.